The van der Waals surface area contributed by atoms with Crippen LogP contribution in [-0.4, -0.2) is 13.1 Å². The summed E-state index contributed by atoms with van der Waals surface area (Å²) < 4.78 is 0. The van der Waals surface area contributed by atoms with Crippen LogP contribution in [0.25, 0.3) is 0 Å². The summed E-state index contributed by atoms with van der Waals surface area (Å²) in [4.78, 5) is 0. The fourth-order valence-electron chi connectivity index (χ4n) is 1.59. The molecular weight excluding hydrogens is 146 g/mol. The van der Waals surface area contributed by atoms with Gasteiger partial charge in [-0.3, -0.25) is 0 Å². The second-order valence-corrected chi connectivity index (χ2v) is 3.07. The fourth-order valence-corrected chi connectivity index (χ4v) is 1.59. The molecule has 0 radical (unpaired) electrons. The summed E-state index contributed by atoms with van der Waals surface area (Å²) in [7, 11) is 0. The van der Waals surface area contributed by atoms with Crippen LogP contribution in [-0.2, 0) is 0 Å². The van der Waals surface area contributed by atoms with Crippen LogP contribution in [0.15, 0.2) is 36.5 Å². The summed E-state index contributed by atoms with van der Waals surface area (Å²) in [6, 6.07) is 0. The average molecular weight is 163 g/mol. The first-order valence-corrected chi connectivity index (χ1v) is 4.54. The highest BCUT2D eigenvalue weighted by Crippen LogP contribution is 2.19. The zero-order valence-electron chi connectivity index (χ0n) is 7.72. The number of allylic oxidation sites excluding steroid dienone is 4. The molecule has 1 saturated heterocycles. The number of hydrogen-bond donors (Lipinski definition) is 1. The van der Waals surface area contributed by atoms with Crippen LogP contribution in [0.5, 0.6) is 0 Å². The Labute approximate surface area is 74.9 Å². The minimum absolute atomic E-state index is 0.714. The van der Waals surface area contributed by atoms with Gasteiger partial charge in [0.25, 0.3) is 0 Å². The van der Waals surface area contributed by atoms with E-state index in [0.29, 0.717) is 5.92 Å². The van der Waals surface area contributed by atoms with Crippen molar-refractivity contribution < 1.29 is 0 Å². The van der Waals surface area contributed by atoms with Gasteiger partial charge >= 0.3 is 0 Å². The predicted octanol–water partition coefficient (Wildman–Crippen LogP) is 2.28. The Morgan fingerprint density at radius 2 is 2.42 bits per heavy atom. The first-order chi connectivity index (χ1) is 5.88. The molecule has 0 aromatic carbocycles. The molecular formula is C11H17N. The summed E-state index contributed by atoms with van der Waals surface area (Å²) in [5.74, 6) is 0.714. The average Bonchev–Trinajstić information content (AvgIpc) is 2.59. The van der Waals surface area contributed by atoms with E-state index in [4.69, 9.17) is 0 Å². The number of rotatable bonds is 3. The second kappa shape index (κ2) is 4.94. The van der Waals surface area contributed by atoms with Crippen molar-refractivity contribution in [2.75, 3.05) is 13.1 Å². The zero-order chi connectivity index (χ0) is 8.81. The normalized spacial score (nSPS) is 25.1. The van der Waals surface area contributed by atoms with Gasteiger partial charge in [0.2, 0.25) is 0 Å². The van der Waals surface area contributed by atoms with E-state index in [9.17, 15) is 0 Å². The van der Waals surface area contributed by atoms with Crippen LogP contribution in [0.2, 0.25) is 0 Å². The van der Waals surface area contributed by atoms with E-state index in [1.807, 2.05) is 12.2 Å². The predicted molar refractivity (Wildman–Crippen MR) is 54.1 cm³/mol. The molecule has 0 aromatic rings. The second-order valence-electron chi connectivity index (χ2n) is 3.07. The van der Waals surface area contributed by atoms with Gasteiger partial charge in [-0.15, -0.1) is 0 Å². The van der Waals surface area contributed by atoms with Crippen LogP contribution >= 0.6 is 0 Å². The van der Waals surface area contributed by atoms with Crippen LogP contribution in [0.3, 0.4) is 0 Å². The summed E-state index contributed by atoms with van der Waals surface area (Å²) >= 11 is 0. The molecule has 1 unspecified atom stereocenters. The highest BCUT2D eigenvalue weighted by atomic mass is 14.9. The smallest absolute Gasteiger partial charge is 0.00205 e. The maximum absolute atomic E-state index is 3.66. The standard InChI is InChI=1S/C11H17N/c1-3-5-6-10(4-2)11-7-8-12-9-11/h3-6,11-12H,1,7-9H2,2H3/b6-5-,10-4+. The van der Waals surface area contributed by atoms with Crippen molar-refractivity contribution in [3.8, 4) is 0 Å². The molecule has 1 fully saturated rings. The largest absolute Gasteiger partial charge is 0.316 e. The summed E-state index contributed by atoms with van der Waals surface area (Å²) in [6.45, 7) is 8.05. The van der Waals surface area contributed by atoms with Gasteiger partial charge in [-0.1, -0.05) is 30.9 Å². The Morgan fingerprint density at radius 3 is 2.92 bits per heavy atom. The summed E-state index contributed by atoms with van der Waals surface area (Å²) in [6.07, 6.45) is 9.45. The van der Waals surface area contributed by atoms with E-state index in [1.54, 1.807) is 0 Å². The molecule has 0 spiro atoms. The Balaban J connectivity index is 2.55. The third kappa shape index (κ3) is 2.35. The molecule has 1 heteroatoms. The van der Waals surface area contributed by atoms with Crippen molar-refractivity contribution in [3.05, 3.63) is 36.5 Å². The van der Waals surface area contributed by atoms with Crippen LogP contribution in [0.4, 0.5) is 0 Å². The monoisotopic (exact) mass is 163 g/mol. The molecule has 1 heterocycles. The minimum atomic E-state index is 0.714. The van der Waals surface area contributed by atoms with Crippen molar-refractivity contribution in [3.63, 3.8) is 0 Å². The van der Waals surface area contributed by atoms with Crippen LogP contribution < -0.4 is 5.32 Å². The molecule has 12 heavy (non-hydrogen) atoms. The third-order valence-electron chi connectivity index (χ3n) is 2.29. The van der Waals surface area contributed by atoms with Gasteiger partial charge in [-0.2, -0.15) is 0 Å². The van der Waals surface area contributed by atoms with E-state index >= 15 is 0 Å². The Bertz CT molecular complexity index is 195. The zero-order valence-corrected chi connectivity index (χ0v) is 7.72. The quantitative estimate of drug-likeness (QED) is 0.629. The molecule has 66 valence electrons. The molecule has 1 atom stereocenters. The van der Waals surface area contributed by atoms with Gasteiger partial charge in [0.1, 0.15) is 0 Å². The first kappa shape index (κ1) is 9.27. The Morgan fingerprint density at radius 1 is 1.58 bits per heavy atom. The maximum Gasteiger partial charge on any atom is 0.00205 e. The lowest BCUT2D eigenvalue weighted by Gasteiger charge is -2.08. The SMILES string of the molecule is C=C/C=C\C(=C/C)C1CCNC1. The van der Waals surface area contributed by atoms with E-state index in [2.05, 4.69) is 31.0 Å². The van der Waals surface area contributed by atoms with Crippen molar-refractivity contribution in [2.45, 2.75) is 13.3 Å². The van der Waals surface area contributed by atoms with E-state index in [1.165, 1.54) is 12.0 Å². The van der Waals surface area contributed by atoms with E-state index < -0.39 is 0 Å². The third-order valence-corrected chi connectivity index (χ3v) is 2.29. The van der Waals surface area contributed by atoms with E-state index in [-0.39, 0.29) is 0 Å². The molecule has 0 bridgehead atoms. The topological polar surface area (TPSA) is 12.0 Å². The highest BCUT2D eigenvalue weighted by Gasteiger charge is 2.15. The summed E-state index contributed by atoms with van der Waals surface area (Å²) in [5, 5.41) is 3.36. The van der Waals surface area contributed by atoms with Gasteiger partial charge in [0.15, 0.2) is 0 Å². The molecule has 0 amide bonds. The number of nitrogens with one attached hydrogen (secondary N) is 1. The fraction of sp³-hybridized carbons (Fsp3) is 0.455. The van der Waals surface area contributed by atoms with Gasteiger partial charge in [0.05, 0.1) is 0 Å². The maximum atomic E-state index is 3.66. The molecule has 1 aliphatic rings. The van der Waals surface area contributed by atoms with Gasteiger partial charge in [0, 0.05) is 6.54 Å². The molecule has 0 aromatic heterocycles. The van der Waals surface area contributed by atoms with Crippen LogP contribution in [0.1, 0.15) is 13.3 Å². The van der Waals surface area contributed by atoms with Gasteiger partial charge < -0.3 is 5.32 Å². The van der Waals surface area contributed by atoms with Gasteiger partial charge in [-0.25, -0.2) is 0 Å². The van der Waals surface area contributed by atoms with Crippen molar-refractivity contribution >= 4 is 0 Å². The lowest BCUT2D eigenvalue weighted by Crippen LogP contribution is -2.09. The molecule has 1 N–H and O–H groups in total. The molecule has 1 nitrogen and oxygen atoms in total. The Kier molecular flexibility index (Phi) is 3.81. The lowest BCUT2D eigenvalue weighted by atomic mass is 9.98. The first-order valence-electron chi connectivity index (χ1n) is 4.54. The van der Waals surface area contributed by atoms with Gasteiger partial charge in [-0.05, 0) is 31.4 Å². The molecule has 0 aliphatic carbocycles. The number of hydrogen-bond acceptors (Lipinski definition) is 1. The molecule has 1 rings (SSSR count). The lowest BCUT2D eigenvalue weighted by molar-refractivity contribution is 0.697. The summed E-state index contributed by atoms with van der Waals surface area (Å²) in [5.41, 5.74) is 1.43. The van der Waals surface area contributed by atoms with Crippen molar-refractivity contribution in [1.29, 1.82) is 0 Å². The highest BCUT2D eigenvalue weighted by molar-refractivity contribution is 5.24. The Hall–Kier alpha value is -0.820. The van der Waals surface area contributed by atoms with E-state index in [0.717, 1.165) is 13.1 Å². The molecule has 1 aliphatic heterocycles. The minimum Gasteiger partial charge on any atom is -0.316 e. The molecule has 0 saturated carbocycles. The van der Waals surface area contributed by atoms with Crippen molar-refractivity contribution in [2.24, 2.45) is 5.92 Å². The van der Waals surface area contributed by atoms with Crippen molar-refractivity contribution in [1.82, 2.24) is 5.32 Å². The van der Waals surface area contributed by atoms with Crippen LogP contribution in [0, 0.1) is 5.92 Å².